The van der Waals surface area contributed by atoms with Gasteiger partial charge in [0.05, 0.1) is 12.1 Å². The fraction of sp³-hybridized carbons (Fsp3) is 0.353. The Labute approximate surface area is 146 Å². The van der Waals surface area contributed by atoms with Gasteiger partial charge in [0.1, 0.15) is 0 Å². The molecule has 1 aliphatic carbocycles. The lowest BCUT2D eigenvalue weighted by molar-refractivity contribution is 0.372. The molecule has 0 spiro atoms. The zero-order chi connectivity index (χ0) is 15.7. The van der Waals surface area contributed by atoms with Crippen molar-refractivity contribution in [3.05, 3.63) is 54.1 Å². The van der Waals surface area contributed by atoms with Crippen LogP contribution in [0.4, 0.5) is 0 Å². The molecule has 7 heteroatoms. The number of nitrogens with two attached hydrogens (primary N) is 1. The van der Waals surface area contributed by atoms with Crippen LogP contribution in [0, 0.1) is 0 Å². The first-order valence-corrected chi connectivity index (χ1v) is 7.93. The van der Waals surface area contributed by atoms with E-state index in [2.05, 4.69) is 27.4 Å². The molecule has 0 aliphatic heterocycles. The summed E-state index contributed by atoms with van der Waals surface area (Å²) in [6.45, 7) is 0.744. The summed E-state index contributed by atoms with van der Waals surface area (Å²) in [7, 11) is 0. The maximum atomic E-state index is 6.38. The molecule has 0 unspecified atom stereocenters. The van der Waals surface area contributed by atoms with E-state index < -0.39 is 5.54 Å². The van der Waals surface area contributed by atoms with Crippen LogP contribution >= 0.6 is 12.4 Å². The SMILES string of the molecule is Cl.NC1(c2noc(-c3ccc(Cn4cccn4)cc3)n2)CCCC1. The molecule has 2 heterocycles. The van der Waals surface area contributed by atoms with Crippen molar-refractivity contribution in [1.82, 2.24) is 19.9 Å². The van der Waals surface area contributed by atoms with E-state index in [1.807, 2.05) is 29.1 Å². The zero-order valence-electron chi connectivity index (χ0n) is 13.3. The van der Waals surface area contributed by atoms with Gasteiger partial charge in [0.15, 0.2) is 5.82 Å². The number of rotatable bonds is 4. The van der Waals surface area contributed by atoms with Crippen molar-refractivity contribution in [1.29, 1.82) is 0 Å². The summed E-state index contributed by atoms with van der Waals surface area (Å²) in [5.41, 5.74) is 8.04. The van der Waals surface area contributed by atoms with Gasteiger partial charge in [0.25, 0.3) is 5.89 Å². The van der Waals surface area contributed by atoms with Crippen LogP contribution in [0.25, 0.3) is 11.5 Å². The first kappa shape index (κ1) is 16.7. The van der Waals surface area contributed by atoms with Crippen LogP contribution in [-0.2, 0) is 12.1 Å². The average molecular weight is 346 g/mol. The Hall–Kier alpha value is -2.18. The summed E-state index contributed by atoms with van der Waals surface area (Å²) in [6, 6.07) is 10.0. The van der Waals surface area contributed by atoms with E-state index in [9.17, 15) is 0 Å². The molecule has 0 saturated heterocycles. The van der Waals surface area contributed by atoms with Crippen LogP contribution in [0.1, 0.15) is 37.1 Å². The Morgan fingerprint density at radius 2 is 1.92 bits per heavy atom. The molecule has 0 amide bonds. The summed E-state index contributed by atoms with van der Waals surface area (Å²) in [5.74, 6) is 1.16. The van der Waals surface area contributed by atoms with E-state index in [1.165, 1.54) is 5.56 Å². The predicted molar refractivity (Wildman–Crippen MR) is 92.6 cm³/mol. The largest absolute Gasteiger partial charge is 0.334 e. The lowest BCUT2D eigenvalue weighted by atomic mass is 9.99. The molecule has 0 radical (unpaired) electrons. The Bertz CT molecular complexity index is 776. The molecule has 0 atom stereocenters. The Morgan fingerprint density at radius 3 is 2.58 bits per heavy atom. The molecule has 6 nitrogen and oxygen atoms in total. The van der Waals surface area contributed by atoms with E-state index in [4.69, 9.17) is 10.3 Å². The molecule has 126 valence electrons. The molecule has 3 aromatic rings. The Morgan fingerprint density at radius 1 is 1.17 bits per heavy atom. The number of aromatic nitrogens is 4. The Kier molecular flexibility index (Phi) is 4.69. The van der Waals surface area contributed by atoms with E-state index in [0.717, 1.165) is 37.8 Å². The second kappa shape index (κ2) is 6.75. The number of hydrogen-bond acceptors (Lipinski definition) is 5. The fourth-order valence-electron chi connectivity index (χ4n) is 3.11. The normalized spacial score (nSPS) is 16.0. The third kappa shape index (κ3) is 3.20. The van der Waals surface area contributed by atoms with Gasteiger partial charge in [-0.3, -0.25) is 4.68 Å². The van der Waals surface area contributed by atoms with Crippen LogP contribution in [0.2, 0.25) is 0 Å². The number of hydrogen-bond donors (Lipinski definition) is 1. The van der Waals surface area contributed by atoms with Crippen LogP contribution in [0.3, 0.4) is 0 Å². The summed E-state index contributed by atoms with van der Waals surface area (Å²) in [5, 5.41) is 8.31. The predicted octanol–water partition coefficient (Wildman–Crippen LogP) is 3.13. The van der Waals surface area contributed by atoms with Crippen molar-refractivity contribution in [3.63, 3.8) is 0 Å². The molecule has 24 heavy (non-hydrogen) atoms. The third-order valence-corrected chi connectivity index (χ3v) is 4.47. The van der Waals surface area contributed by atoms with Gasteiger partial charge in [-0.05, 0) is 36.6 Å². The monoisotopic (exact) mass is 345 g/mol. The summed E-state index contributed by atoms with van der Waals surface area (Å²) >= 11 is 0. The van der Waals surface area contributed by atoms with Gasteiger partial charge in [-0.1, -0.05) is 30.1 Å². The lowest BCUT2D eigenvalue weighted by Crippen LogP contribution is -2.34. The summed E-state index contributed by atoms with van der Waals surface area (Å²) in [6.07, 6.45) is 7.83. The minimum atomic E-state index is -0.415. The zero-order valence-corrected chi connectivity index (χ0v) is 14.1. The van der Waals surface area contributed by atoms with Crippen LogP contribution in [0.15, 0.2) is 47.2 Å². The minimum Gasteiger partial charge on any atom is -0.334 e. The first-order valence-electron chi connectivity index (χ1n) is 7.93. The highest BCUT2D eigenvalue weighted by Crippen LogP contribution is 2.35. The van der Waals surface area contributed by atoms with E-state index in [-0.39, 0.29) is 12.4 Å². The highest BCUT2D eigenvalue weighted by molar-refractivity contribution is 5.85. The molecule has 1 fully saturated rings. The number of nitrogens with zero attached hydrogens (tertiary/aromatic N) is 4. The third-order valence-electron chi connectivity index (χ3n) is 4.47. The van der Waals surface area contributed by atoms with Crippen molar-refractivity contribution >= 4 is 12.4 Å². The Balaban J connectivity index is 0.00000169. The quantitative estimate of drug-likeness (QED) is 0.785. The molecule has 1 aromatic carbocycles. The van der Waals surface area contributed by atoms with Gasteiger partial charge in [-0.15, -0.1) is 12.4 Å². The molecular weight excluding hydrogens is 326 g/mol. The van der Waals surface area contributed by atoms with Gasteiger partial charge in [0.2, 0.25) is 0 Å². The van der Waals surface area contributed by atoms with Gasteiger partial charge < -0.3 is 10.3 Å². The molecule has 0 bridgehead atoms. The maximum absolute atomic E-state index is 6.38. The molecular formula is C17H20ClN5O. The van der Waals surface area contributed by atoms with E-state index in [0.29, 0.717) is 11.7 Å². The molecule has 2 N–H and O–H groups in total. The standard InChI is InChI=1S/C17H19N5O.ClH/c18-17(8-1-2-9-17)16-20-15(23-21-16)14-6-4-13(5-7-14)12-22-11-3-10-19-22;/h3-7,10-11H,1-2,8-9,12,18H2;1H. The lowest BCUT2D eigenvalue weighted by Gasteiger charge is -2.17. The summed E-state index contributed by atoms with van der Waals surface area (Å²) < 4.78 is 7.30. The summed E-state index contributed by atoms with van der Waals surface area (Å²) in [4.78, 5) is 4.52. The van der Waals surface area contributed by atoms with Crippen LogP contribution in [-0.4, -0.2) is 19.9 Å². The van der Waals surface area contributed by atoms with E-state index >= 15 is 0 Å². The van der Waals surface area contributed by atoms with Gasteiger partial charge >= 0.3 is 0 Å². The highest BCUT2D eigenvalue weighted by Gasteiger charge is 2.36. The van der Waals surface area contributed by atoms with Gasteiger partial charge in [-0.25, -0.2) is 0 Å². The first-order chi connectivity index (χ1) is 11.2. The molecule has 1 saturated carbocycles. The molecule has 4 rings (SSSR count). The van der Waals surface area contributed by atoms with Crippen molar-refractivity contribution in [3.8, 4) is 11.5 Å². The molecule has 2 aromatic heterocycles. The maximum Gasteiger partial charge on any atom is 0.257 e. The second-order valence-corrected chi connectivity index (χ2v) is 6.19. The molecule has 1 aliphatic rings. The van der Waals surface area contributed by atoms with Gasteiger partial charge in [-0.2, -0.15) is 10.1 Å². The fourth-order valence-corrected chi connectivity index (χ4v) is 3.11. The van der Waals surface area contributed by atoms with Crippen molar-refractivity contribution < 1.29 is 4.52 Å². The van der Waals surface area contributed by atoms with Crippen molar-refractivity contribution in [2.75, 3.05) is 0 Å². The van der Waals surface area contributed by atoms with Crippen molar-refractivity contribution in [2.45, 2.75) is 37.8 Å². The van der Waals surface area contributed by atoms with Crippen LogP contribution in [0.5, 0.6) is 0 Å². The van der Waals surface area contributed by atoms with Crippen molar-refractivity contribution in [2.24, 2.45) is 5.73 Å². The number of halogens is 1. The highest BCUT2D eigenvalue weighted by atomic mass is 35.5. The van der Waals surface area contributed by atoms with Gasteiger partial charge in [0, 0.05) is 18.0 Å². The minimum absolute atomic E-state index is 0. The number of benzene rings is 1. The average Bonchev–Trinajstić information content (AvgIpc) is 3.29. The van der Waals surface area contributed by atoms with E-state index in [1.54, 1.807) is 6.20 Å². The van der Waals surface area contributed by atoms with Crippen LogP contribution < -0.4 is 5.73 Å². The second-order valence-electron chi connectivity index (χ2n) is 6.19. The smallest absolute Gasteiger partial charge is 0.257 e. The topological polar surface area (TPSA) is 82.8 Å².